The molecule has 28 heavy (non-hydrogen) atoms. The highest BCUT2D eigenvalue weighted by Gasteiger charge is 2.39. The van der Waals surface area contributed by atoms with Gasteiger partial charge in [0, 0.05) is 12.1 Å². The van der Waals surface area contributed by atoms with Crippen molar-refractivity contribution < 1.29 is 22.3 Å². The van der Waals surface area contributed by atoms with Crippen molar-refractivity contribution in [2.75, 3.05) is 7.05 Å². The molecular weight excluding hydrogens is 378 g/mol. The molecule has 2 aliphatic rings. The van der Waals surface area contributed by atoms with Crippen LogP contribution in [0.4, 0.5) is 0 Å². The van der Waals surface area contributed by atoms with Crippen molar-refractivity contribution in [3.8, 4) is 0 Å². The molecule has 152 valence electrons. The van der Waals surface area contributed by atoms with E-state index in [0.717, 1.165) is 0 Å². The molecule has 2 aliphatic heterocycles. The van der Waals surface area contributed by atoms with Gasteiger partial charge in [0.25, 0.3) is 0 Å². The van der Waals surface area contributed by atoms with E-state index >= 15 is 0 Å². The Balaban J connectivity index is 0.000000403. The molecule has 2 aromatic rings. The number of hydrogen-bond acceptors (Lipinski definition) is 4. The van der Waals surface area contributed by atoms with Crippen molar-refractivity contribution >= 4 is 10.4 Å². The zero-order chi connectivity index (χ0) is 20.1. The van der Waals surface area contributed by atoms with Crippen molar-refractivity contribution in [2.24, 2.45) is 0 Å². The second-order valence-electron chi connectivity index (χ2n) is 7.43. The van der Waals surface area contributed by atoms with Crippen molar-refractivity contribution in [1.29, 1.82) is 0 Å². The highest BCUT2D eigenvalue weighted by molar-refractivity contribution is 7.79. The Morgan fingerprint density at radius 1 is 0.893 bits per heavy atom. The fourth-order valence-electron chi connectivity index (χ4n) is 4.27. The van der Waals surface area contributed by atoms with Crippen molar-refractivity contribution in [2.45, 2.75) is 50.0 Å². The lowest BCUT2D eigenvalue weighted by atomic mass is 9.97. The summed E-state index contributed by atoms with van der Waals surface area (Å²) in [5.41, 5.74) is 2.51. The first-order chi connectivity index (χ1) is 13.3. The van der Waals surface area contributed by atoms with Crippen molar-refractivity contribution in [3.05, 3.63) is 71.8 Å². The highest BCUT2D eigenvalue weighted by Crippen LogP contribution is 2.38. The highest BCUT2D eigenvalue weighted by atomic mass is 32.3. The molecule has 2 saturated heterocycles. The van der Waals surface area contributed by atoms with Gasteiger partial charge in [-0.05, 0) is 43.9 Å². The predicted octanol–water partition coefficient (Wildman–Crippen LogP) is 3.77. The third-order valence-corrected chi connectivity index (χ3v) is 5.59. The lowest BCUT2D eigenvalue weighted by Gasteiger charge is -2.38. The van der Waals surface area contributed by atoms with E-state index < -0.39 is 10.4 Å². The van der Waals surface area contributed by atoms with Crippen LogP contribution < -0.4 is 0 Å². The number of ether oxygens (including phenoxy) is 1. The molecule has 2 unspecified atom stereocenters. The number of rotatable bonds is 4. The molecule has 0 radical (unpaired) electrons. The van der Waals surface area contributed by atoms with Crippen LogP contribution in [0, 0.1) is 0 Å². The molecule has 0 aromatic heterocycles. The molecule has 2 N–H and O–H groups in total. The molecule has 2 bridgehead atoms. The molecule has 2 heterocycles. The maximum atomic E-state index is 8.74. The van der Waals surface area contributed by atoms with Crippen LogP contribution in [0.1, 0.15) is 42.9 Å². The first kappa shape index (κ1) is 21.0. The number of nitrogens with zero attached hydrogens (tertiary/aromatic N) is 1. The van der Waals surface area contributed by atoms with Gasteiger partial charge in [0.15, 0.2) is 0 Å². The van der Waals surface area contributed by atoms with Crippen LogP contribution in [0.15, 0.2) is 60.7 Å². The van der Waals surface area contributed by atoms with Crippen LogP contribution in [0.3, 0.4) is 0 Å². The van der Waals surface area contributed by atoms with Gasteiger partial charge in [0.1, 0.15) is 6.10 Å². The molecular formula is C21H27NO5S. The average molecular weight is 406 g/mol. The van der Waals surface area contributed by atoms with Gasteiger partial charge in [-0.2, -0.15) is 8.42 Å². The lowest BCUT2D eigenvalue weighted by molar-refractivity contribution is -0.0426. The van der Waals surface area contributed by atoms with Crippen LogP contribution in [0.5, 0.6) is 0 Å². The molecule has 2 fully saturated rings. The Morgan fingerprint density at radius 3 is 1.68 bits per heavy atom. The van der Waals surface area contributed by atoms with E-state index in [1.807, 2.05) is 0 Å². The van der Waals surface area contributed by atoms with Crippen LogP contribution in [-0.4, -0.2) is 47.7 Å². The summed E-state index contributed by atoms with van der Waals surface area (Å²) in [6.45, 7) is 0. The largest absolute Gasteiger partial charge is 0.394 e. The van der Waals surface area contributed by atoms with Gasteiger partial charge in [-0.3, -0.25) is 9.11 Å². The molecule has 0 amide bonds. The minimum atomic E-state index is -4.67. The summed E-state index contributed by atoms with van der Waals surface area (Å²) in [7, 11) is -2.38. The van der Waals surface area contributed by atoms with E-state index in [9.17, 15) is 0 Å². The first-order valence-electron chi connectivity index (χ1n) is 9.48. The summed E-state index contributed by atoms with van der Waals surface area (Å²) < 4.78 is 38.2. The normalized spacial score (nSPS) is 24.6. The van der Waals surface area contributed by atoms with Crippen molar-refractivity contribution in [3.63, 3.8) is 0 Å². The maximum Gasteiger partial charge on any atom is 0.394 e. The summed E-state index contributed by atoms with van der Waals surface area (Å²) in [6, 6.07) is 22.7. The maximum absolute atomic E-state index is 8.74. The van der Waals surface area contributed by atoms with Crippen molar-refractivity contribution in [1.82, 2.24) is 4.90 Å². The molecule has 0 saturated carbocycles. The summed E-state index contributed by atoms with van der Waals surface area (Å²) in [6.07, 6.45) is 5.43. The van der Waals surface area contributed by atoms with Gasteiger partial charge in [-0.15, -0.1) is 0 Å². The molecule has 0 spiro atoms. The molecule has 4 rings (SSSR count). The fraction of sp³-hybridized carbons (Fsp3) is 0.429. The number of fused-ring (bicyclic) bond motifs is 2. The van der Waals surface area contributed by atoms with Crippen LogP contribution >= 0.6 is 0 Å². The standard InChI is InChI=1S/C21H25NO.H2O4S/c1-22-18-12-13-19(22)15-20(14-18)23-21(16-8-4-2-5-9-16)17-10-6-3-7-11-17;1-5(2,3)4/h2-11,18-21H,12-15H2,1H3;(H2,1,2,3,4). The van der Waals surface area contributed by atoms with Gasteiger partial charge in [0.05, 0.1) is 6.10 Å². The number of piperidine rings is 1. The lowest BCUT2D eigenvalue weighted by Crippen LogP contribution is -2.43. The zero-order valence-corrected chi connectivity index (χ0v) is 16.7. The van der Waals surface area contributed by atoms with E-state index in [4.69, 9.17) is 22.3 Å². The molecule has 0 aliphatic carbocycles. The first-order valence-corrected chi connectivity index (χ1v) is 10.9. The van der Waals surface area contributed by atoms with E-state index in [2.05, 4.69) is 72.6 Å². The summed E-state index contributed by atoms with van der Waals surface area (Å²) in [5, 5.41) is 0. The Bertz CT molecular complexity index is 782. The summed E-state index contributed by atoms with van der Waals surface area (Å²) in [5.74, 6) is 0. The molecule has 7 heteroatoms. The van der Waals surface area contributed by atoms with E-state index in [-0.39, 0.29) is 6.10 Å². The second-order valence-corrected chi connectivity index (χ2v) is 8.32. The van der Waals surface area contributed by atoms with Gasteiger partial charge in [-0.1, -0.05) is 60.7 Å². The van der Waals surface area contributed by atoms with E-state index in [1.165, 1.54) is 36.8 Å². The van der Waals surface area contributed by atoms with E-state index in [1.54, 1.807) is 0 Å². The minimum absolute atomic E-state index is 0.0465. The Labute approximate surface area is 166 Å². The minimum Gasteiger partial charge on any atom is -0.365 e. The topological polar surface area (TPSA) is 87.1 Å². The third kappa shape index (κ3) is 5.86. The molecule has 2 atom stereocenters. The second kappa shape index (κ2) is 9.15. The van der Waals surface area contributed by atoms with Gasteiger partial charge in [-0.25, -0.2) is 0 Å². The summed E-state index contributed by atoms with van der Waals surface area (Å²) >= 11 is 0. The smallest absolute Gasteiger partial charge is 0.365 e. The predicted molar refractivity (Wildman–Crippen MR) is 108 cm³/mol. The van der Waals surface area contributed by atoms with Gasteiger partial charge < -0.3 is 9.64 Å². The molecule has 2 aromatic carbocycles. The monoisotopic (exact) mass is 405 g/mol. The third-order valence-electron chi connectivity index (χ3n) is 5.59. The molecule has 6 nitrogen and oxygen atoms in total. The number of hydrogen-bond donors (Lipinski definition) is 2. The fourth-order valence-corrected chi connectivity index (χ4v) is 4.27. The van der Waals surface area contributed by atoms with Crippen LogP contribution in [-0.2, 0) is 15.1 Å². The Morgan fingerprint density at radius 2 is 1.29 bits per heavy atom. The van der Waals surface area contributed by atoms with Gasteiger partial charge >= 0.3 is 10.4 Å². The number of benzene rings is 2. The van der Waals surface area contributed by atoms with Gasteiger partial charge in [0.2, 0.25) is 0 Å². The zero-order valence-electron chi connectivity index (χ0n) is 15.9. The summed E-state index contributed by atoms with van der Waals surface area (Å²) in [4.78, 5) is 2.57. The SMILES string of the molecule is CN1C2CCC1CC(OC(c1ccccc1)c1ccccc1)C2.O=S(=O)(O)O. The van der Waals surface area contributed by atoms with Crippen LogP contribution in [0.2, 0.25) is 0 Å². The van der Waals surface area contributed by atoms with Crippen LogP contribution in [0.25, 0.3) is 0 Å². The average Bonchev–Trinajstić information content (AvgIpc) is 2.87. The van der Waals surface area contributed by atoms with E-state index in [0.29, 0.717) is 18.2 Å². The quantitative estimate of drug-likeness (QED) is 0.753. The Kier molecular flexibility index (Phi) is 6.85. The Hall–Kier alpha value is -1.77.